The second-order valence-electron chi connectivity index (χ2n) is 10.4. The van der Waals surface area contributed by atoms with Crippen LogP contribution in [0.3, 0.4) is 0 Å². The third-order valence-corrected chi connectivity index (χ3v) is 7.67. The lowest BCUT2D eigenvalue weighted by Gasteiger charge is -2.11. The number of ether oxygens (including phenoxy) is 2. The molecule has 6 heteroatoms. The molecule has 4 aromatic rings. The van der Waals surface area contributed by atoms with Gasteiger partial charge in [0.05, 0.1) is 0 Å². The molecule has 2 N–H and O–H groups in total. The fraction of sp³-hybridized carbons (Fsp3) is 0.235. The number of aryl methyl sites for hydroxylation is 4. The zero-order valence-corrected chi connectivity index (χ0v) is 22.4. The molecule has 0 fully saturated rings. The molecule has 0 unspecified atom stereocenters. The molecule has 0 aliphatic heterocycles. The number of hydrogen-bond donors (Lipinski definition) is 2. The minimum absolute atomic E-state index is 0.390. The molecular weight excluding hydrogens is 500 g/mol. The third kappa shape index (κ3) is 6.01. The van der Waals surface area contributed by atoms with Gasteiger partial charge in [-0.1, -0.05) is 36.4 Å². The average molecular weight is 533 g/mol. The molecule has 4 aromatic carbocycles. The smallest absolute Gasteiger partial charge is 0.269 e. The molecule has 0 spiro atoms. The minimum Gasteiger partial charge on any atom is -0.489 e. The van der Waals surface area contributed by atoms with Crippen molar-refractivity contribution in [2.45, 2.75) is 51.7 Å². The van der Waals surface area contributed by atoms with Gasteiger partial charge in [0, 0.05) is 11.1 Å². The van der Waals surface area contributed by atoms with Gasteiger partial charge in [-0.2, -0.15) is 0 Å². The Kier molecular flexibility index (Phi) is 7.49. The van der Waals surface area contributed by atoms with Crippen LogP contribution in [0.2, 0.25) is 0 Å². The van der Waals surface area contributed by atoms with E-state index in [0.717, 1.165) is 48.3 Å². The van der Waals surface area contributed by atoms with E-state index in [-0.39, 0.29) is 11.8 Å². The Morgan fingerprint density at radius 2 is 0.925 bits per heavy atom. The number of hydrazine groups is 1. The van der Waals surface area contributed by atoms with Crippen LogP contribution in [0.25, 0.3) is 0 Å². The van der Waals surface area contributed by atoms with Gasteiger partial charge in [-0.3, -0.25) is 20.4 Å². The van der Waals surface area contributed by atoms with Crippen LogP contribution in [0.15, 0.2) is 84.9 Å². The van der Waals surface area contributed by atoms with Gasteiger partial charge in [0.25, 0.3) is 11.8 Å². The SMILES string of the molecule is O=C(NNC(=O)c1ccc(COc2ccc3c(c2)CCC3)cc1)c1ccc(COc2ccc3c(c2)CCC3)cc1. The summed E-state index contributed by atoms with van der Waals surface area (Å²) in [6, 6.07) is 26.9. The normalized spacial score (nSPS) is 13.3. The quantitative estimate of drug-likeness (QED) is 0.277. The van der Waals surface area contributed by atoms with E-state index < -0.39 is 0 Å². The van der Waals surface area contributed by atoms with Crippen molar-refractivity contribution in [1.82, 2.24) is 10.9 Å². The van der Waals surface area contributed by atoms with E-state index in [0.29, 0.717) is 24.3 Å². The number of amides is 2. The van der Waals surface area contributed by atoms with Crippen LogP contribution in [0.4, 0.5) is 0 Å². The summed E-state index contributed by atoms with van der Waals surface area (Å²) in [7, 11) is 0. The maximum Gasteiger partial charge on any atom is 0.269 e. The Morgan fingerprint density at radius 1 is 0.525 bits per heavy atom. The molecule has 2 aliphatic rings. The van der Waals surface area contributed by atoms with Gasteiger partial charge in [-0.15, -0.1) is 0 Å². The highest BCUT2D eigenvalue weighted by Gasteiger charge is 2.13. The highest BCUT2D eigenvalue weighted by atomic mass is 16.5. The summed E-state index contributed by atoms with van der Waals surface area (Å²) in [6.45, 7) is 0.845. The third-order valence-electron chi connectivity index (χ3n) is 7.67. The van der Waals surface area contributed by atoms with E-state index in [1.165, 1.54) is 35.1 Å². The van der Waals surface area contributed by atoms with Crippen LogP contribution < -0.4 is 20.3 Å². The molecule has 0 heterocycles. The van der Waals surface area contributed by atoms with Gasteiger partial charge in [0.15, 0.2) is 0 Å². The topological polar surface area (TPSA) is 76.7 Å². The van der Waals surface area contributed by atoms with E-state index in [1.807, 2.05) is 36.4 Å². The van der Waals surface area contributed by atoms with Gasteiger partial charge in [0.2, 0.25) is 0 Å². The molecule has 0 saturated carbocycles. The lowest BCUT2D eigenvalue weighted by atomic mass is 10.1. The van der Waals surface area contributed by atoms with Crippen LogP contribution in [-0.2, 0) is 38.9 Å². The number of carbonyl (C=O) groups excluding carboxylic acids is 2. The standard InChI is InChI=1S/C34H32N2O4/c37-33(27-11-7-23(8-12-27)21-39-31-17-15-25-3-1-5-29(25)19-31)35-36-34(38)28-13-9-24(10-14-28)22-40-32-18-16-26-4-2-6-30(26)20-32/h7-20H,1-6,21-22H2,(H,35,37)(H,36,38). The van der Waals surface area contributed by atoms with Crippen molar-refractivity contribution < 1.29 is 19.1 Å². The van der Waals surface area contributed by atoms with Crippen molar-refractivity contribution in [2.24, 2.45) is 0 Å². The summed E-state index contributed by atoms with van der Waals surface area (Å²) >= 11 is 0. The predicted molar refractivity (Wildman–Crippen MR) is 153 cm³/mol. The summed E-state index contributed by atoms with van der Waals surface area (Å²) in [5.74, 6) is 0.951. The van der Waals surface area contributed by atoms with E-state index in [2.05, 4.69) is 35.1 Å². The first kappa shape index (κ1) is 25.7. The molecule has 0 radical (unpaired) electrons. The fourth-order valence-electron chi connectivity index (χ4n) is 5.37. The molecule has 0 saturated heterocycles. The first-order chi connectivity index (χ1) is 19.6. The number of hydrogen-bond acceptors (Lipinski definition) is 4. The Balaban J connectivity index is 0.954. The van der Waals surface area contributed by atoms with Crippen molar-refractivity contribution >= 4 is 11.8 Å². The lowest BCUT2D eigenvalue weighted by Crippen LogP contribution is -2.41. The summed E-state index contributed by atoms with van der Waals surface area (Å²) in [4.78, 5) is 25.1. The van der Waals surface area contributed by atoms with E-state index in [4.69, 9.17) is 9.47 Å². The molecule has 6 nitrogen and oxygen atoms in total. The molecule has 0 aromatic heterocycles. The number of fused-ring (bicyclic) bond motifs is 2. The highest BCUT2D eigenvalue weighted by molar-refractivity contribution is 5.99. The van der Waals surface area contributed by atoms with Gasteiger partial charge in [-0.05, 0) is 120 Å². The minimum atomic E-state index is -0.390. The van der Waals surface area contributed by atoms with E-state index in [9.17, 15) is 9.59 Å². The molecule has 202 valence electrons. The predicted octanol–water partition coefficient (Wildman–Crippen LogP) is 5.90. The van der Waals surface area contributed by atoms with Crippen molar-refractivity contribution in [3.63, 3.8) is 0 Å². The molecule has 0 atom stereocenters. The molecular formula is C34H32N2O4. The van der Waals surface area contributed by atoms with Crippen molar-refractivity contribution in [1.29, 1.82) is 0 Å². The zero-order valence-electron chi connectivity index (χ0n) is 22.4. The Labute approximate surface area is 234 Å². The maximum atomic E-state index is 12.6. The van der Waals surface area contributed by atoms with Gasteiger partial charge in [-0.25, -0.2) is 0 Å². The number of benzene rings is 4. The van der Waals surface area contributed by atoms with Crippen molar-refractivity contribution in [2.75, 3.05) is 0 Å². The molecule has 2 aliphatic carbocycles. The lowest BCUT2D eigenvalue weighted by molar-refractivity contribution is 0.0846. The van der Waals surface area contributed by atoms with Crippen molar-refractivity contribution in [3.05, 3.63) is 129 Å². The number of carbonyl (C=O) groups is 2. The monoisotopic (exact) mass is 532 g/mol. The molecule has 40 heavy (non-hydrogen) atoms. The largest absolute Gasteiger partial charge is 0.489 e. The van der Waals surface area contributed by atoms with Gasteiger partial charge < -0.3 is 9.47 Å². The van der Waals surface area contributed by atoms with Crippen LogP contribution in [-0.4, -0.2) is 11.8 Å². The van der Waals surface area contributed by atoms with Crippen LogP contribution in [0.1, 0.15) is 66.9 Å². The molecule has 2 amide bonds. The Morgan fingerprint density at radius 3 is 1.35 bits per heavy atom. The Bertz CT molecular complexity index is 1410. The van der Waals surface area contributed by atoms with Gasteiger partial charge in [0.1, 0.15) is 24.7 Å². The van der Waals surface area contributed by atoms with Crippen LogP contribution >= 0.6 is 0 Å². The van der Waals surface area contributed by atoms with E-state index >= 15 is 0 Å². The first-order valence-electron chi connectivity index (χ1n) is 13.9. The van der Waals surface area contributed by atoms with Gasteiger partial charge >= 0.3 is 0 Å². The zero-order chi connectivity index (χ0) is 27.3. The Hall–Kier alpha value is -4.58. The molecule has 6 rings (SSSR count). The summed E-state index contributed by atoms with van der Waals surface area (Å²) in [5.41, 5.74) is 13.4. The fourth-order valence-corrected chi connectivity index (χ4v) is 5.37. The molecule has 0 bridgehead atoms. The van der Waals surface area contributed by atoms with Crippen LogP contribution in [0, 0.1) is 0 Å². The second kappa shape index (κ2) is 11.7. The maximum absolute atomic E-state index is 12.6. The average Bonchev–Trinajstić information content (AvgIpc) is 3.67. The summed E-state index contributed by atoms with van der Waals surface area (Å²) < 4.78 is 11.9. The summed E-state index contributed by atoms with van der Waals surface area (Å²) in [6.07, 6.45) is 6.95. The van der Waals surface area contributed by atoms with E-state index in [1.54, 1.807) is 24.3 Å². The highest BCUT2D eigenvalue weighted by Crippen LogP contribution is 2.27. The van der Waals surface area contributed by atoms with Crippen molar-refractivity contribution in [3.8, 4) is 11.5 Å². The first-order valence-corrected chi connectivity index (χ1v) is 13.9. The van der Waals surface area contributed by atoms with Crippen LogP contribution in [0.5, 0.6) is 11.5 Å². The number of nitrogens with one attached hydrogen (secondary N) is 2. The second-order valence-corrected chi connectivity index (χ2v) is 10.4. The number of rotatable bonds is 8. The summed E-state index contributed by atoms with van der Waals surface area (Å²) in [5, 5.41) is 0.